The van der Waals surface area contributed by atoms with Gasteiger partial charge in [0.05, 0.1) is 12.6 Å². The van der Waals surface area contributed by atoms with E-state index in [9.17, 15) is 0 Å². The molecule has 1 heterocycles. The SMILES string of the molecule is CCCC(C)C1CN=C(N)N1C(C)C. The van der Waals surface area contributed by atoms with Gasteiger partial charge in [0.1, 0.15) is 0 Å². The zero-order valence-electron chi connectivity index (χ0n) is 9.83. The maximum absolute atomic E-state index is 5.88. The van der Waals surface area contributed by atoms with Crippen LogP contribution in [0.4, 0.5) is 0 Å². The molecular weight excluding hydrogens is 174 g/mol. The predicted molar refractivity (Wildman–Crippen MR) is 61.3 cm³/mol. The molecule has 0 aromatic heterocycles. The van der Waals surface area contributed by atoms with E-state index in [0.717, 1.165) is 12.5 Å². The zero-order chi connectivity index (χ0) is 10.7. The summed E-state index contributed by atoms with van der Waals surface area (Å²) in [5.41, 5.74) is 5.88. The van der Waals surface area contributed by atoms with Crippen molar-refractivity contribution in [3.63, 3.8) is 0 Å². The van der Waals surface area contributed by atoms with E-state index in [-0.39, 0.29) is 0 Å². The van der Waals surface area contributed by atoms with Crippen molar-refractivity contribution < 1.29 is 0 Å². The van der Waals surface area contributed by atoms with Crippen LogP contribution in [0.1, 0.15) is 40.5 Å². The topological polar surface area (TPSA) is 41.6 Å². The van der Waals surface area contributed by atoms with Gasteiger partial charge in [0.25, 0.3) is 0 Å². The van der Waals surface area contributed by atoms with Gasteiger partial charge in [0.15, 0.2) is 5.96 Å². The maximum Gasteiger partial charge on any atom is 0.191 e. The second kappa shape index (κ2) is 4.67. The van der Waals surface area contributed by atoms with Gasteiger partial charge in [-0.2, -0.15) is 0 Å². The Morgan fingerprint density at radius 1 is 1.50 bits per heavy atom. The Labute approximate surface area is 87.4 Å². The van der Waals surface area contributed by atoms with E-state index < -0.39 is 0 Å². The molecular formula is C11H23N3. The molecule has 82 valence electrons. The van der Waals surface area contributed by atoms with Crippen molar-refractivity contribution in [1.82, 2.24) is 4.90 Å². The van der Waals surface area contributed by atoms with Crippen LogP contribution in [-0.4, -0.2) is 29.5 Å². The summed E-state index contributed by atoms with van der Waals surface area (Å²) in [4.78, 5) is 6.61. The highest BCUT2D eigenvalue weighted by atomic mass is 15.3. The molecule has 0 fully saturated rings. The van der Waals surface area contributed by atoms with E-state index in [1.807, 2.05) is 0 Å². The van der Waals surface area contributed by atoms with Crippen LogP contribution >= 0.6 is 0 Å². The van der Waals surface area contributed by atoms with Crippen LogP contribution in [0, 0.1) is 5.92 Å². The third kappa shape index (κ3) is 2.20. The van der Waals surface area contributed by atoms with Crippen LogP contribution in [-0.2, 0) is 0 Å². The fraction of sp³-hybridized carbons (Fsp3) is 0.909. The molecule has 1 aliphatic rings. The molecule has 1 aliphatic heterocycles. The molecule has 0 aliphatic carbocycles. The molecule has 3 nitrogen and oxygen atoms in total. The van der Waals surface area contributed by atoms with Crippen molar-refractivity contribution in [2.75, 3.05) is 6.54 Å². The van der Waals surface area contributed by atoms with E-state index in [4.69, 9.17) is 5.73 Å². The van der Waals surface area contributed by atoms with Gasteiger partial charge in [-0.15, -0.1) is 0 Å². The summed E-state index contributed by atoms with van der Waals surface area (Å²) >= 11 is 0. The summed E-state index contributed by atoms with van der Waals surface area (Å²) in [6.07, 6.45) is 2.50. The summed E-state index contributed by atoms with van der Waals surface area (Å²) in [6.45, 7) is 9.77. The minimum atomic E-state index is 0.463. The van der Waals surface area contributed by atoms with E-state index >= 15 is 0 Å². The van der Waals surface area contributed by atoms with Gasteiger partial charge >= 0.3 is 0 Å². The number of rotatable bonds is 4. The van der Waals surface area contributed by atoms with Gasteiger partial charge < -0.3 is 10.6 Å². The highest BCUT2D eigenvalue weighted by Gasteiger charge is 2.31. The van der Waals surface area contributed by atoms with Crippen molar-refractivity contribution in [2.24, 2.45) is 16.6 Å². The molecule has 0 bridgehead atoms. The molecule has 0 spiro atoms. The van der Waals surface area contributed by atoms with Crippen molar-refractivity contribution >= 4 is 5.96 Å². The van der Waals surface area contributed by atoms with Crippen LogP contribution in [0.5, 0.6) is 0 Å². The molecule has 2 unspecified atom stereocenters. The standard InChI is InChI=1S/C11H23N3/c1-5-6-9(4)10-7-13-11(12)14(10)8(2)3/h8-10H,5-7H2,1-4H3,(H2,12,13). The van der Waals surface area contributed by atoms with Crippen LogP contribution in [0.15, 0.2) is 4.99 Å². The molecule has 2 atom stereocenters. The number of nitrogens with two attached hydrogens (primary N) is 1. The van der Waals surface area contributed by atoms with Gasteiger partial charge in [0.2, 0.25) is 0 Å². The quantitative estimate of drug-likeness (QED) is 0.747. The monoisotopic (exact) mass is 197 g/mol. The lowest BCUT2D eigenvalue weighted by atomic mass is 9.95. The lowest BCUT2D eigenvalue weighted by molar-refractivity contribution is 0.216. The smallest absolute Gasteiger partial charge is 0.191 e. The Bertz CT molecular complexity index is 211. The fourth-order valence-electron chi connectivity index (χ4n) is 2.28. The first-order valence-electron chi connectivity index (χ1n) is 5.66. The van der Waals surface area contributed by atoms with Gasteiger partial charge in [-0.25, -0.2) is 0 Å². The second-order valence-electron chi connectivity index (χ2n) is 4.53. The summed E-state index contributed by atoms with van der Waals surface area (Å²) < 4.78 is 0. The molecule has 0 aromatic carbocycles. The van der Waals surface area contributed by atoms with Crippen molar-refractivity contribution in [3.8, 4) is 0 Å². The highest BCUT2D eigenvalue weighted by molar-refractivity contribution is 5.80. The van der Waals surface area contributed by atoms with Crippen molar-refractivity contribution in [2.45, 2.75) is 52.6 Å². The average molecular weight is 197 g/mol. The Morgan fingerprint density at radius 2 is 2.14 bits per heavy atom. The number of nitrogens with zero attached hydrogens (tertiary/aromatic N) is 2. The molecule has 3 heteroatoms. The summed E-state index contributed by atoms with van der Waals surface area (Å²) in [6, 6.07) is 0.987. The average Bonchev–Trinajstić information content (AvgIpc) is 2.47. The zero-order valence-corrected chi connectivity index (χ0v) is 9.83. The van der Waals surface area contributed by atoms with Crippen LogP contribution < -0.4 is 5.73 Å². The first kappa shape index (κ1) is 11.3. The van der Waals surface area contributed by atoms with E-state index in [0.29, 0.717) is 18.0 Å². The molecule has 1 rings (SSSR count). The Hall–Kier alpha value is -0.730. The maximum atomic E-state index is 5.88. The lowest BCUT2D eigenvalue weighted by Crippen LogP contribution is -2.47. The minimum absolute atomic E-state index is 0.463. The van der Waals surface area contributed by atoms with Crippen LogP contribution in [0.3, 0.4) is 0 Å². The fourth-order valence-corrected chi connectivity index (χ4v) is 2.28. The molecule has 2 N–H and O–H groups in total. The molecule has 0 aromatic rings. The van der Waals surface area contributed by atoms with E-state index in [2.05, 4.69) is 37.6 Å². The molecule has 0 saturated carbocycles. The third-order valence-electron chi connectivity index (χ3n) is 3.02. The number of hydrogen-bond donors (Lipinski definition) is 1. The number of hydrogen-bond acceptors (Lipinski definition) is 3. The summed E-state index contributed by atoms with van der Waals surface area (Å²) in [7, 11) is 0. The lowest BCUT2D eigenvalue weighted by Gasteiger charge is -2.33. The van der Waals surface area contributed by atoms with E-state index in [1.165, 1.54) is 12.8 Å². The van der Waals surface area contributed by atoms with Gasteiger partial charge in [0, 0.05) is 6.04 Å². The van der Waals surface area contributed by atoms with Gasteiger partial charge in [-0.1, -0.05) is 20.3 Å². The first-order valence-corrected chi connectivity index (χ1v) is 5.66. The van der Waals surface area contributed by atoms with E-state index in [1.54, 1.807) is 0 Å². The molecule has 14 heavy (non-hydrogen) atoms. The number of guanidine groups is 1. The van der Waals surface area contributed by atoms with Crippen LogP contribution in [0.25, 0.3) is 0 Å². The van der Waals surface area contributed by atoms with Crippen LogP contribution in [0.2, 0.25) is 0 Å². The summed E-state index contributed by atoms with van der Waals surface area (Å²) in [5.74, 6) is 1.42. The largest absolute Gasteiger partial charge is 0.370 e. The molecule has 0 amide bonds. The predicted octanol–water partition coefficient (Wildman–Crippen LogP) is 1.83. The summed E-state index contributed by atoms with van der Waals surface area (Å²) in [5, 5.41) is 0. The minimum Gasteiger partial charge on any atom is -0.370 e. The first-order chi connectivity index (χ1) is 6.57. The molecule has 0 saturated heterocycles. The Balaban J connectivity index is 2.63. The van der Waals surface area contributed by atoms with Crippen molar-refractivity contribution in [3.05, 3.63) is 0 Å². The number of aliphatic imine (C=N–C) groups is 1. The normalized spacial score (nSPS) is 24.2. The Morgan fingerprint density at radius 3 is 2.64 bits per heavy atom. The Kier molecular flexibility index (Phi) is 3.78. The van der Waals surface area contributed by atoms with Gasteiger partial charge in [-0.3, -0.25) is 4.99 Å². The second-order valence-corrected chi connectivity index (χ2v) is 4.53. The van der Waals surface area contributed by atoms with Crippen molar-refractivity contribution in [1.29, 1.82) is 0 Å². The molecule has 0 radical (unpaired) electrons. The third-order valence-corrected chi connectivity index (χ3v) is 3.02. The highest BCUT2D eigenvalue weighted by Crippen LogP contribution is 2.22. The van der Waals surface area contributed by atoms with Gasteiger partial charge in [-0.05, 0) is 26.2 Å².